The summed E-state index contributed by atoms with van der Waals surface area (Å²) < 4.78 is 18.9. The van der Waals surface area contributed by atoms with Crippen LogP contribution >= 0.6 is 0 Å². The molecule has 0 heterocycles. The van der Waals surface area contributed by atoms with Gasteiger partial charge in [0.05, 0.1) is 0 Å². The van der Waals surface area contributed by atoms with E-state index in [1.54, 1.807) is 6.07 Å². The molecule has 0 bridgehead atoms. The monoisotopic (exact) mass is 272 g/mol. The minimum Gasteiger partial charge on any atom is -0.489 e. The number of rotatable bonds is 4. The fraction of sp³-hybridized carbons (Fsp3) is 0.188. The third kappa shape index (κ3) is 3.15. The average molecular weight is 272 g/mol. The molecule has 104 valence electrons. The number of nitrogen functional groups attached to an aromatic ring is 1. The lowest BCUT2D eigenvalue weighted by Crippen LogP contribution is -2.15. The van der Waals surface area contributed by atoms with E-state index in [9.17, 15) is 4.39 Å². The quantitative estimate of drug-likeness (QED) is 0.662. The van der Waals surface area contributed by atoms with Gasteiger partial charge in [0.2, 0.25) is 0 Å². The number of nitrogens with two attached hydrogens (primary N) is 1. The van der Waals surface area contributed by atoms with Gasteiger partial charge in [-0.2, -0.15) is 0 Å². The van der Waals surface area contributed by atoms with Gasteiger partial charge in [0.1, 0.15) is 24.0 Å². The summed E-state index contributed by atoms with van der Waals surface area (Å²) in [6.45, 7) is 4.24. The molecule has 0 fully saturated rings. The Hall–Kier alpha value is -2.36. The molecule has 0 amide bonds. The smallest absolute Gasteiger partial charge is 0.123 e. The molecule has 0 spiro atoms. The van der Waals surface area contributed by atoms with Crippen molar-refractivity contribution in [2.75, 3.05) is 0 Å². The van der Waals surface area contributed by atoms with Crippen molar-refractivity contribution >= 4 is 5.84 Å². The number of nitrogens with one attached hydrogen (secondary N) is 1. The van der Waals surface area contributed by atoms with Crippen LogP contribution in [0.2, 0.25) is 0 Å². The van der Waals surface area contributed by atoms with Crippen molar-refractivity contribution < 1.29 is 9.13 Å². The van der Waals surface area contributed by atoms with E-state index >= 15 is 0 Å². The van der Waals surface area contributed by atoms with Crippen LogP contribution in [0.5, 0.6) is 5.75 Å². The van der Waals surface area contributed by atoms with Crippen LogP contribution in [0, 0.1) is 25.1 Å². The minimum absolute atomic E-state index is 0.163. The van der Waals surface area contributed by atoms with Crippen molar-refractivity contribution in [2.24, 2.45) is 5.73 Å². The van der Waals surface area contributed by atoms with Crippen molar-refractivity contribution in [1.29, 1.82) is 5.41 Å². The number of hydrogen-bond donors (Lipinski definition) is 2. The highest BCUT2D eigenvalue weighted by Gasteiger charge is 2.08. The Morgan fingerprint density at radius 1 is 1.20 bits per heavy atom. The van der Waals surface area contributed by atoms with E-state index in [-0.39, 0.29) is 12.4 Å². The summed E-state index contributed by atoms with van der Waals surface area (Å²) in [5.74, 6) is 0.198. The normalized spacial score (nSPS) is 10.3. The molecule has 0 saturated heterocycles. The topological polar surface area (TPSA) is 59.1 Å². The highest BCUT2D eigenvalue weighted by molar-refractivity contribution is 5.96. The van der Waals surface area contributed by atoms with Crippen molar-refractivity contribution in [2.45, 2.75) is 20.5 Å². The molecule has 0 atom stereocenters. The zero-order valence-electron chi connectivity index (χ0n) is 11.5. The summed E-state index contributed by atoms with van der Waals surface area (Å²) in [4.78, 5) is 0. The maximum atomic E-state index is 13.2. The van der Waals surface area contributed by atoms with Crippen molar-refractivity contribution in [3.05, 3.63) is 64.5 Å². The summed E-state index contributed by atoms with van der Waals surface area (Å²) in [5.41, 5.74) is 8.73. The van der Waals surface area contributed by atoms with Gasteiger partial charge >= 0.3 is 0 Å². The molecule has 0 aromatic heterocycles. The second kappa shape index (κ2) is 5.74. The molecule has 2 aromatic carbocycles. The third-order valence-corrected chi connectivity index (χ3v) is 3.08. The Labute approximate surface area is 117 Å². The fourth-order valence-electron chi connectivity index (χ4n) is 2.04. The average Bonchev–Trinajstić information content (AvgIpc) is 2.38. The van der Waals surface area contributed by atoms with Gasteiger partial charge in [-0.3, -0.25) is 5.41 Å². The number of aryl methyl sites for hydroxylation is 2. The van der Waals surface area contributed by atoms with Crippen molar-refractivity contribution in [3.63, 3.8) is 0 Å². The van der Waals surface area contributed by atoms with Gasteiger partial charge in [-0.15, -0.1) is 0 Å². The summed E-state index contributed by atoms with van der Waals surface area (Å²) in [6, 6.07) is 10.1. The molecule has 0 aliphatic carbocycles. The standard InChI is InChI=1S/C16H17FN2O/c1-10-3-6-15(11(2)7-10)20-9-12-4-5-13(17)8-14(12)16(18)19/h3-8H,9H2,1-2H3,(H3,18,19). The first-order valence-electron chi connectivity index (χ1n) is 6.30. The lowest BCUT2D eigenvalue weighted by atomic mass is 10.1. The molecule has 0 radical (unpaired) electrons. The van der Waals surface area contributed by atoms with Gasteiger partial charge in [-0.1, -0.05) is 23.8 Å². The van der Waals surface area contributed by atoms with Crippen molar-refractivity contribution in [1.82, 2.24) is 0 Å². The summed E-state index contributed by atoms with van der Waals surface area (Å²) in [5, 5.41) is 7.48. The predicted octanol–water partition coefficient (Wildman–Crippen LogP) is 3.31. The Balaban J connectivity index is 2.20. The highest BCUT2D eigenvalue weighted by atomic mass is 19.1. The van der Waals surface area contributed by atoms with Gasteiger partial charge in [0, 0.05) is 11.1 Å². The van der Waals surface area contributed by atoms with Gasteiger partial charge in [-0.05, 0) is 37.6 Å². The molecule has 0 saturated carbocycles. The van der Waals surface area contributed by atoms with Crippen LogP contribution < -0.4 is 10.5 Å². The van der Waals surface area contributed by atoms with Crippen LogP contribution in [0.3, 0.4) is 0 Å². The first-order chi connectivity index (χ1) is 9.47. The van der Waals surface area contributed by atoms with Crippen LogP contribution in [-0.2, 0) is 6.61 Å². The SMILES string of the molecule is Cc1ccc(OCc2ccc(F)cc2C(=N)N)c(C)c1. The van der Waals surface area contributed by atoms with E-state index in [4.69, 9.17) is 15.9 Å². The van der Waals surface area contributed by atoms with Gasteiger partial charge < -0.3 is 10.5 Å². The van der Waals surface area contributed by atoms with E-state index in [1.807, 2.05) is 32.0 Å². The lowest BCUT2D eigenvalue weighted by Gasteiger charge is -2.12. The molecule has 2 rings (SSSR count). The van der Waals surface area contributed by atoms with Crippen LogP contribution in [0.25, 0.3) is 0 Å². The number of hydrogen-bond acceptors (Lipinski definition) is 2. The second-order valence-electron chi connectivity index (χ2n) is 4.77. The highest BCUT2D eigenvalue weighted by Crippen LogP contribution is 2.21. The maximum absolute atomic E-state index is 13.2. The van der Waals surface area contributed by atoms with E-state index in [0.29, 0.717) is 11.1 Å². The molecule has 4 heteroatoms. The number of amidine groups is 1. The first-order valence-corrected chi connectivity index (χ1v) is 6.30. The number of halogens is 1. The predicted molar refractivity (Wildman–Crippen MR) is 77.7 cm³/mol. The zero-order valence-corrected chi connectivity index (χ0v) is 11.5. The Morgan fingerprint density at radius 3 is 2.60 bits per heavy atom. The summed E-state index contributed by atoms with van der Waals surface area (Å²) in [7, 11) is 0. The van der Waals surface area contributed by atoms with Gasteiger partial charge in [0.25, 0.3) is 0 Å². The van der Waals surface area contributed by atoms with Crippen LogP contribution in [0.4, 0.5) is 4.39 Å². The van der Waals surface area contributed by atoms with Gasteiger partial charge in [0.15, 0.2) is 0 Å². The number of ether oxygens (including phenoxy) is 1. The Kier molecular flexibility index (Phi) is 4.03. The molecule has 0 unspecified atom stereocenters. The maximum Gasteiger partial charge on any atom is 0.123 e. The van der Waals surface area contributed by atoms with E-state index < -0.39 is 5.82 Å². The molecule has 0 aliphatic heterocycles. The lowest BCUT2D eigenvalue weighted by molar-refractivity contribution is 0.303. The molecule has 3 nitrogen and oxygen atoms in total. The summed E-state index contributed by atoms with van der Waals surface area (Å²) in [6.07, 6.45) is 0. The molecule has 20 heavy (non-hydrogen) atoms. The van der Waals surface area contributed by atoms with Gasteiger partial charge in [-0.25, -0.2) is 4.39 Å². The first kappa shape index (κ1) is 14.1. The molecule has 0 aliphatic rings. The van der Waals surface area contributed by atoms with Crippen LogP contribution in [-0.4, -0.2) is 5.84 Å². The Bertz CT molecular complexity index is 653. The molecular weight excluding hydrogens is 255 g/mol. The zero-order chi connectivity index (χ0) is 14.7. The van der Waals surface area contributed by atoms with Crippen LogP contribution in [0.1, 0.15) is 22.3 Å². The minimum atomic E-state index is -0.412. The van der Waals surface area contributed by atoms with Crippen molar-refractivity contribution in [3.8, 4) is 5.75 Å². The molecule has 3 N–H and O–H groups in total. The second-order valence-corrected chi connectivity index (χ2v) is 4.77. The van der Waals surface area contributed by atoms with E-state index in [0.717, 1.165) is 11.3 Å². The Morgan fingerprint density at radius 2 is 1.95 bits per heavy atom. The number of benzene rings is 2. The van der Waals surface area contributed by atoms with E-state index in [1.165, 1.54) is 17.7 Å². The molecular formula is C16H17FN2O. The van der Waals surface area contributed by atoms with Crippen LogP contribution in [0.15, 0.2) is 36.4 Å². The third-order valence-electron chi connectivity index (χ3n) is 3.08. The van der Waals surface area contributed by atoms with E-state index in [2.05, 4.69) is 0 Å². The fourth-order valence-corrected chi connectivity index (χ4v) is 2.04. The molecule has 2 aromatic rings. The largest absolute Gasteiger partial charge is 0.489 e. The summed E-state index contributed by atoms with van der Waals surface area (Å²) >= 11 is 0.